The third-order valence-electron chi connectivity index (χ3n) is 4.28. The highest BCUT2D eigenvalue weighted by molar-refractivity contribution is 6.50. The van der Waals surface area contributed by atoms with Crippen LogP contribution in [0.4, 0.5) is 0 Å². The predicted molar refractivity (Wildman–Crippen MR) is 60.7 cm³/mol. The highest BCUT2D eigenvalue weighted by atomic mass is 16.7. The molecule has 3 aliphatic rings. The summed E-state index contributed by atoms with van der Waals surface area (Å²) in [6.45, 7) is 8.50. The van der Waals surface area contributed by atoms with Crippen LogP contribution in [-0.2, 0) is 9.31 Å². The summed E-state index contributed by atoms with van der Waals surface area (Å²) in [6, 6.07) is 0. The lowest BCUT2D eigenvalue weighted by atomic mass is 9.81. The summed E-state index contributed by atoms with van der Waals surface area (Å²) in [5, 5.41) is 0. The zero-order valence-corrected chi connectivity index (χ0v) is 10.1. The molecular formula is C12H19BO2. The zero-order chi connectivity index (χ0) is 10.8. The van der Waals surface area contributed by atoms with Gasteiger partial charge >= 0.3 is 7.12 Å². The van der Waals surface area contributed by atoms with E-state index in [0.717, 1.165) is 0 Å². The average Bonchev–Trinajstić information content (AvgIpc) is 2.96. The van der Waals surface area contributed by atoms with Crippen LogP contribution in [0.2, 0.25) is 5.82 Å². The highest BCUT2D eigenvalue weighted by Gasteiger charge is 2.58. The molecule has 2 saturated carbocycles. The molecule has 0 radical (unpaired) electrons. The topological polar surface area (TPSA) is 18.5 Å². The Morgan fingerprint density at radius 3 is 2.07 bits per heavy atom. The molecule has 0 N–H and O–H groups in total. The van der Waals surface area contributed by atoms with Gasteiger partial charge in [-0.15, -0.1) is 0 Å². The first-order valence-corrected chi connectivity index (χ1v) is 5.97. The molecule has 0 aromatic carbocycles. The van der Waals surface area contributed by atoms with Gasteiger partial charge in [0.05, 0.1) is 11.2 Å². The van der Waals surface area contributed by atoms with E-state index < -0.39 is 0 Å². The molecule has 3 fully saturated rings. The molecule has 2 nitrogen and oxygen atoms in total. The van der Waals surface area contributed by atoms with Crippen LogP contribution < -0.4 is 0 Å². The van der Waals surface area contributed by atoms with Gasteiger partial charge in [-0.3, -0.25) is 0 Å². The van der Waals surface area contributed by atoms with Crippen molar-refractivity contribution < 1.29 is 9.31 Å². The lowest BCUT2D eigenvalue weighted by Crippen LogP contribution is -2.41. The van der Waals surface area contributed by atoms with Gasteiger partial charge < -0.3 is 9.31 Å². The Kier molecular flexibility index (Phi) is 1.78. The quantitative estimate of drug-likeness (QED) is 0.485. The minimum absolute atomic E-state index is 0.0121. The van der Waals surface area contributed by atoms with Crippen molar-refractivity contribution in [3.63, 3.8) is 0 Å². The Balaban J connectivity index is 1.74. The minimum Gasteiger partial charge on any atom is -0.403 e. The Hall–Kier alpha value is -0.275. The second kappa shape index (κ2) is 2.69. The van der Waals surface area contributed by atoms with Gasteiger partial charge in [0, 0.05) is 5.82 Å². The number of allylic oxidation sites excluding steroid dienone is 2. The molecule has 1 atom stereocenters. The molecule has 0 aromatic heterocycles. The standard InChI is InChI=1S/C12H19BO2/c1-11(2)12(3,4)15-13(14-11)10-7-9(10)8-5-6-8/h10H,5-7H2,1-4H3. The van der Waals surface area contributed by atoms with Gasteiger partial charge in [-0.2, -0.15) is 0 Å². The van der Waals surface area contributed by atoms with E-state index in [1.165, 1.54) is 19.3 Å². The predicted octanol–water partition coefficient (Wildman–Crippen LogP) is 2.94. The molecule has 3 rings (SSSR count). The third kappa shape index (κ3) is 1.48. The van der Waals surface area contributed by atoms with Gasteiger partial charge in [-0.1, -0.05) is 11.1 Å². The summed E-state index contributed by atoms with van der Waals surface area (Å²) in [7, 11) is 0.0121. The summed E-state index contributed by atoms with van der Waals surface area (Å²) in [4.78, 5) is 0. The lowest BCUT2D eigenvalue weighted by molar-refractivity contribution is 0.00578. The molecule has 82 valence electrons. The normalized spacial score (nSPS) is 36.0. The first-order chi connectivity index (χ1) is 6.91. The minimum atomic E-state index is -0.167. The molecule has 0 bridgehead atoms. The van der Waals surface area contributed by atoms with Crippen molar-refractivity contribution in [3.05, 3.63) is 11.1 Å². The Morgan fingerprint density at radius 1 is 1.07 bits per heavy atom. The summed E-state index contributed by atoms with van der Waals surface area (Å²) in [5.74, 6) is 0.573. The van der Waals surface area contributed by atoms with Crippen LogP contribution in [0.1, 0.15) is 47.0 Å². The summed E-state index contributed by atoms with van der Waals surface area (Å²) in [5.41, 5.74) is 2.97. The highest BCUT2D eigenvalue weighted by Crippen LogP contribution is 2.57. The second-order valence-corrected chi connectivity index (χ2v) is 6.06. The molecule has 0 spiro atoms. The van der Waals surface area contributed by atoms with E-state index in [1.807, 2.05) is 0 Å². The first-order valence-electron chi connectivity index (χ1n) is 5.97. The van der Waals surface area contributed by atoms with Crippen LogP contribution in [0.25, 0.3) is 0 Å². The van der Waals surface area contributed by atoms with Crippen molar-refractivity contribution in [1.82, 2.24) is 0 Å². The molecular weight excluding hydrogens is 187 g/mol. The Morgan fingerprint density at radius 2 is 1.60 bits per heavy atom. The van der Waals surface area contributed by atoms with E-state index in [4.69, 9.17) is 9.31 Å². The van der Waals surface area contributed by atoms with Gasteiger partial charge in [0.2, 0.25) is 0 Å². The average molecular weight is 206 g/mol. The molecule has 15 heavy (non-hydrogen) atoms. The van der Waals surface area contributed by atoms with E-state index >= 15 is 0 Å². The van der Waals surface area contributed by atoms with Crippen molar-refractivity contribution in [2.75, 3.05) is 0 Å². The third-order valence-corrected chi connectivity index (χ3v) is 4.28. The van der Waals surface area contributed by atoms with E-state index in [1.54, 1.807) is 11.1 Å². The molecule has 2 aliphatic carbocycles. The maximum atomic E-state index is 6.04. The van der Waals surface area contributed by atoms with Gasteiger partial charge in [0.1, 0.15) is 0 Å². The zero-order valence-electron chi connectivity index (χ0n) is 10.1. The molecule has 1 heterocycles. The van der Waals surface area contributed by atoms with Gasteiger partial charge in [-0.05, 0) is 47.0 Å². The lowest BCUT2D eigenvalue weighted by Gasteiger charge is -2.32. The van der Waals surface area contributed by atoms with E-state index in [9.17, 15) is 0 Å². The molecule has 1 aliphatic heterocycles. The number of hydrogen-bond donors (Lipinski definition) is 0. The fourth-order valence-corrected chi connectivity index (χ4v) is 2.28. The SMILES string of the molecule is CC1(C)OB(C2CC2=C2CC2)OC1(C)C. The fourth-order valence-electron chi connectivity index (χ4n) is 2.28. The summed E-state index contributed by atoms with van der Waals surface area (Å²) >= 11 is 0. The molecule has 1 saturated heterocycles. The van der Waals surface area contributed by atoms with Crippen LogP contribution in [0.5, 0.6) is 0 Å². The van der Waals surface area contributed by atoms with Gasteiger partial charge in [0.15, 0.2) is 0 Å². The Labute approximate surface area is 92.2 Å². The van der Waals surface area contributed by atoms with Crippen LogP contribution in [0, 0.1) is 0 Å². The van der Waals surface area contributed by atoms with E-state index in [0.29, 0.717) is 5.82 Å². The van der Waals surface area contributed by atoms with Gasteiger partial charge in [0.25, 0.3) is 0 Å². The molecule has 3 heteroatoms. The van der Waals surface area contributed by atoms with Crippen molar-refractivity contribution in [2.45, 2.75) is 64.0 Å². The van der Waals surface area contributed by atoms with E-state index in [2.05, 4.69) is 27.7 Å². The smallest absolute Gasteiger partial charge is 0.403 e. The Bertz CT molecular complexity index is 322. The number of hydrogen-bond acceptors (Lipinski definition) is 2. The van der Waals surface area contributed by atoms with Crippen molar-refractivity contribution in [2.24, 2.45) is 0 Å². The van der Waals surface area contributed by atoms with Crippen LogP contribution in [-0.4, -0.2) is 18.3 Å². The van der Waals surface area contributed by atoms with Crippen LogP contribution in [0.3, 0.4) is 0 Å². The fraction of sp³-hybridized carbons (Fsp3) is 0.833. The molecule has 0 aromatic rings. The maximum Gasteiger partial charge on any atom is 0.465 e. The number of rotatable bonds is 1. The van der Waals surface area contributed by atoms with Gasteiger partial charge in [-0.25, -0.2) is 0 Å². The van der Waals surface area contributed by atoms with Crippen molar-refractivity contribution in [1.29, 1.82) is 0 Å². The van der Waals surface area contributed by atoms with Crippen LogP contribution >= 0.6 is 0 Å². The van der Waals surface area contributed by atoms with E-state index in [-0.39, 0.29) is 18.3 Å². The van der Waals surface area contributed by atoms with Crippen molar-refractivity contribution in [3.8, 4) is 0 Å². The van der Waals surface area contributed by atoms with Crippen LogP contribution in [0.15, 0.2) is 11.1 Å². The largest absolute Gasteiger partial charge is 0.465 e. The second-order valence-electron chi connectivity index (χ2n) is 6.06. The van der Waals surface area contributed by atoms with Crippen molar-refractivity contribution >= 4 is 7.12 Å². The monoisotopic (exact) mass is 206 g/mol. The summed E-state index contributed by atoms with van der Waals surface area (Å²) < 4.78 is 12.1. The summed E-state index contributed by atoms with van der Waals surface area (Å²) in [6.07, 6.45) is 3.86. The maximum absolute atomic E-state index is 6.04. The first kappa shape index (κ1) is 9.92. The molecule has 0 amide bonds. The molecule has 1 unspecified atom stereocenters.